The first-order valence-corrected chi connectivity index (χ1v) is 9.82. The van der Waals surface area contributed by atoms with Gasteiger partial charge >= 0.3 is 0 Å². The Balaban J connectivity index is 1.80. The monoisotopic (exact) mass is 352 g/mol. The van der Waals surface area contributed by atoms with Gasteiger partial charge in [-0.05, 0) is 30.4 Å². The lowest BCUT2D eigenvalue weighted by Gasteiger charge is -2.31. The van der Waals surface area contributed by atoms with Gasteiger partial charge in [0.2, 0.25) is 5.16 Å². The van der Waals surface area contributed by atoms with Crippen LogP contribution in [0.25, 0.3) is 10.8 Å². The fraction of sp³-hybridized carbons (Fsp3) is 0.263. The molecule has 1 aromatic heterocycles. The molecule has 0 spiro atoms. The molecule has 128 valence electrons. The number of anilines is 2. The molecule has 0 radical (unpaired) electrons. The summed E-state index contributed by atoms with van der Waals surface area (Å²) >= 11 is 0. The molecule has 0 saturated carbocycles. The van der Waals surface area contributed by atoms with E-state index in [1.54, 1.807) is 6.26 Å². The van der Waals surface area contributed by atoms with Gasteiger partial charge in [-0.2, -0.15) is 0 Å². The second kappa shape index (κ2) is 6.11. The maximum Gasteiger partial charge on any atom is 0.220 e. The molecule has 1 atom stereocenters. The number of rotatable bonds is 2. The Bertz CT molecular complexity index is 997. The maximum atomic E-state index is 11.8. The van der Waals surface area contributed by atoms with Gasteiger partial charge in [-0.1, -0.05) is 30.3 Å². The van der Waals surface area contributed by atoms with E-state index in [2.05, 4.69) is 58.2 Å². The normalized spacial score (nSPS) is 15.2. The van der Waals surface area contributed by atoms with E-state index < -0.39 is 10.8 Å². The van der Waals surface area contributed by atoms with Gasteiger partial charge in [0.25, 0.3) is 0 Å². The van der Waals surface area contributed by atoms with E-state index in [0.717, 1.165) is 24.2 Å². The summed E-state index contributed by atoms with van der Waals surface area (Å²) in [5, 5.41) is 2.82. The van der Waals surface area contributed by atoms with Crippen LogP contribution in [0.1, 0.15) is 16.8 Å². The summed E-state index contributed by atoms with van der Waals surface area (Å²) in [7, 11) is -1.24. The van der Waals surface area contributed by atoms with E-state index >= 15 is 0 Å². The third-order valence-electron chi connectivity index (χ3n) is 4.77. The van der Waals surface area contributed by atoms with Gasteiger partial charge in [-0.15, -0.1) is 0 Å². The first kappa shape index (κ1) is 16.0. The van der Waals surface area contributed by atoms with Crippen LogP contribution in [0.5, 0.6) is 0 Å². The smallest absolute Gasteiger partial charge is 0.220 e. The van der Waals surface area contributed by atoms with Crippen molar-refractivity contribution in [3.05, 3.63) is 53.2 Å². The standard InChI is InChI=1S/C19H20N4OS/c1-12-5-3-6-13-7-4-8-16(17(12)13)23-10-9-14-15(11-23)21-19(25(2)24)22-18(14)20/h3-8H,9-11H2,1-2H3,(H2,20,21,22). The Morgan fingerprint density at radius 1 is 1.16 bits per heavy atom. The van der Waals surface area contributed by atoms with E-state index in [9.17, 15) is 4.21 Å². The number of hydrogen-bond acceptors (Lipinski definition) is 5. The fourth-order valence-electron chi connectivity index (χ4n) is 3.54. The lowest BCUT2D eigenvalue weighted by molar-refractivity contribution is 0.665. The zero-order valence-corrected chi connectivity index (χ0v) is 15.1. The zero-order chi connectivity index (χ0) is 17.6. The highest BCUT2D eigenvalue weighted by Crippen LogP contribution is 2.33. The molecule has 0 saturated heterocycles. The average Bonchev–Trinajstić information content (AvgIpc) is 2.61. The van der Waals surface area contributed by atoms with Crippen molar-refractivity contribution in [3.8, 4) is 0 Å². The minimum Gasteiger partial charge on any atom is -0.383 e. The van der Waals surface area contributed by atoms with E-state index in [0.29, 0.717) is 17.5 Å². The van der Waals surface area contributed by atoms with Crippen LogP contribution in [0.3, 0.4) is 0 Å². The fourth-order valence-corrected chi connectivity index (χ4v) is 4.00. The highest BCUT2D eigenvalue weighted by atomic mass is 32.2. The number of nitrogens with zero attached hydrogens (tertiary/aromatic N) is 3. The molecule has 2 heterocycles. The molecule has 1 aliphatic heterocycles. The van der Waals surface area contributed by atoms with Crippen molar-refractivity contribution in [2.45, 2.75) is 25.0 Å². The van der Waals surface area contributed by atoms with Crippen molar-refractivity contribution in [1.29, 1.82) is 0 Å². The van der Waals surface area contributed by atoms with Gasteiger partial charge in [0.1, 0.15) is 5.82 Å². The van der Waals surface area contributed by atoms with Crippen molar-refractivity contribution in [2.24, 2.45) is 0 Å². The summed E-state index contributed by atoms with van der Waals surface area (Å²) < 4.78 is 11.8. The number of fused-ring (bicyclic) bond motifs is 2. The topological polar surface area (TPSA) is 72.1 Å². The molecule has 3 aromatic rings. The largest absolute Gasteiger partial charge is 0.383 e. The quantitative estimate of drug-likeness (QED) is 0.718. The van der Waals surface area contributed by atoms with Gasteiger partial charge in [0.15, 0.2) is 0 Å². The van der Waals surface area contributed by atoms with Crippen molar-refractivity contribution in [1.82, 2.24) is 9.97 Å². The van der Waals surface area contributed by atoms with Crippen molar-refractivity contribution >= 4 is 33.1 Å². The van der Waals surface area contributed by atoms with E-state index in [1.807, 2.05) is 0 Å². The predicted octanol–water partition coefficient (Wildman–Crippen LogP) is 2.82. The first-order chi connectivity index (χ1) is 12.0. The first-order valence-electron chi connectivity index (χ1n) is 8.26. The lowest BCUT2D eigenvalue weighted by atomic mass is 10.00. The summed E-state index contributed by atoms with van der Waals surface area (Å²) in [5.74, 6) is 0.462. The van der Waals surface area contributed by atoms with Gasteiger partial charge < -0.3 is 10.6 Å². The molecule has 25 heavy (non-hydrogen) atoms. The van der Waals surface area contributed by atoms with Crippen LogP contribution < -0.4 is 10.6 Å². The van der Waals surface area contributed by atoms with Crippen molar-refractivity contribution in [2.75, 3.05) is 23.4 Å². The molecule has 0 aliphatic carbocycles. The maximum absolute atomic E-state index is 11.8. The van der Waals surface area contributed by atoms with Gasteiger partial charge in [-0.3, -0.25) is 4.21 Å². The zero-order valence-electron chi connectivity index (χ0n) is 14.3. The molecule has 5 nitrogen and oxygen atoms in total. The molecule has 1 aliphatic rings. The number of nitrogen functional groups attached to an aromatic ring is 1. The summed E-state index contributed by atoms with van der Waals surface area (Å²) in [6, 6.07) is 12.8. The van der Waals surface area contributed by atoms with Gasteiger partial charge in [-0.25, -0.2) is 9.97 Å². The number of nitrogens with two attached hydrogens (primary N) is 1. The second-order valence-electron chi connectivity index (χ2n) is 6.39. The highest BCUT2D eigenvalue weighted by Gasteiger charge is 2.23. The molecule has 2 N–H and O–H groups in total. The van der Waals surface area contributed by atoms with Crippen LogP contribution in [0.15, 0.2) is 41.6 Å². The third kappa shape index (κ3) is 2.76. The van der Waals surface area contributed by atoms with Crippen LogP contribution in [-0.2, 0) is 23.8 Å². The minimum atomic E-state index is -1.24. The Hall–Kier alpha value is -2.47. The van der Waals surface area contributed by atoms with Crippen LogP contribution in [-0.4, -0.2) is 27.0 Å². The molecule has 0 bridgehead atoms. The number of hydrogen-bond donors (Lipinski definition) is 1. The minimum absolute atomic E-state index is 0.312. The van der Waals surface area contributed by atoms with Crippen molar-refractivity contribution < 1.29 is 4.21 Å². The number of aromatic nitrogens is 2. The summed E-state index contributed by atoms with van der Waals surface area (Å²) in [4.78, 5) is 11.0. The predicted molar refractivity (Wildman–Crippen MR) is 102 cm³/mol. The Kier molecular flexibility index (Phi) is 3.92. The molecule has 1 unspecified atom stereocenters. The molecule has 2 aromatic carbocycles. The average molecular weight is 352 g/mol. The van der Waals surface area contributed by atoms with E-state index in [4.69, 9.17) is 5.73 Å². The Morgan fingerprint density at radius 2 is 1.92 bits per heavy atom. The third-order valence-corrected chi connectivity index (χ3v) is 5.46. The Labute approximate surface area is 149 Å². The van der Waals surface area contributed by atoms with E-state index in [-0.39, 0.29) is 0 Å². The molecule has 4 rings (SSSR count). The SMILES string of the molecule is Cc1cccc2cccc(N3CCc4c(N)nc(S(C)=O)nc4C3)c12. The molecular weight excluding hydrogens is 332 g/mol. The summed E-state index contributed by atoms with van der Waals surface area (Å²) in [6.45, 7) is 3.66. The highest BCUT2D eigenvalue weighted by molar-refractivity contribution is 7.84. The van der Waals surface area contributed by atoms with Gasteiger partial charge in [0, 0.05) is 29.4 Å². The van der Waals surface area contributed by atoms with Crippen molar-refractivity contribution in [3.63, 3.8) is 0 Å². The van der Waals surface area contributed by atoms with Gasteiger partial charge in [0.05, 0.1) is 23.0 Å². The molecule has 6 heteroatoms. The molecular formula is C19H20N4OS. The molecule has 0 fully saturated rings. The van der Waals surface area contributed by atoms with Crippen LogP contribution in [0, 0.1) is 6.92 Å². The Morgan fingerprint density at radius 3 is 2.68 bits per heavy atom. The lowest BCUT2D eigenvalue weighted by Crippen LogP contribution is -2.32. The summed E-state index contributed by atoms with van der Waals surface area (Å²) in [5.41, 5.74) is 10.4. The molecule has 0 amide bonds. The van der Waals surface area contributed by atoms with Crippen LogP contribution >= 0.6 is 0 Å². The number of aryl methyl sites for hydroxylation is 1. The summed E-state index contributed by atoms with van der Waals surface area (Å²) in [6.07, 6.45) is 2.37. The van der Waals surface area contributed by atoms with Crippen LogP contribution in [0.2, 0.25) is 0 Å². The second-order valence-corrected chi connectivity index (χ2v) is 7.67. The van der Waals surface area contributed by atoms with Crippen LogP contribution in [0.4, 0.5) is 11.5 Å². The van der Waals surface area contributed by atoms with E-state index in [1.165, 1.54) is 22.0 Å². The number of benzene rings is 2.